The zero-order valence-electron chi connectivity index (χ0n) is 7.76. The summed E-state index contributed by atoms with van der Waals surface area (Å²) in [6, 6.07) is 0. The second-order valence-electron chi connectivity index (χ2n) is 3.63. The Morgan fingerprint density at radius 1 is 1.38 bits per heavy atom. The van der Waals surface area contributed by atoms with E-state index < -0.39 is 0 Å². The Hall–Kier alpha value is -0.440. The topological polar surface area (TPSA) is 25.8 Å². The molecule has 1 saturated carbocycles. The van der Waals surface area contributed by atoms with Crippen molar-refractivity contribution >= 4 is 15.9 Å². The Labute approximate surface area is 86.9 Å². The van der Waals surface area contributed by atoms with Crippen molar-refractivity contribution < 1.29 is 0 Å². The molecule has 3 heteroatoms. The Morgan fingerprint density at radius 2 is 2.08 bits per heavy atom. The minimum Gasteiger partial charge on any atom is -0.240 e. The van der Waals surface area contributed by atoms with Crippen LogP contribution in [0, 0.1) is 6.92 Å². The predicted octanol–water partition coefficient (Wildman–Crippen LogP) is 3.21. The van der Waals surface area contributed by atoms with Crippen LogP contribution in [0.15, 0.2) is 10.7 Å². The van der Waals surface area contributed by atoms with Crippen LogP contribution in [0.1, 0.15) is 43.1 Å². The molecular formula is C10H13BrN2. The second kappa shape index (κ2) is 3.74. The average Bonchev–Trinajstić information content (AvgIpc) is 2.61. The Bertz CT molecular complexity index is 306. The fourth-order valence-electron chi connectivity index (χ4n) is 1.96. The third-order valence-corrected chi connectivity index (χ3v) is 3.24. The quantitative estimate of drug-likeness (QED) is 0.754. The van der Waals surface area contributed by atoms with Gasteiger partial charge < -0.3 is 0 Å². The third-order valence-electron chi connectivity index (χ3n) is 2.63. The van der Waals surface area contributed by atoms with Gasteiger partial charge in [0.05, 0.1) is 10.2 Å². The Morgan fingerprint density at radius 3 is 2.77 bits per heavy atom. The fourth-order valence-corrected chi connectivity index (χ4v) is 2.47. The van der Waals surface area contributed by atoms with Gasteiger partial charge >= 0.3 is 0 Å². The van der Waals surface area contributed by atoms with E-state index in [1.54, 1.807) is 0 Å². The van der Waals surface area contributed by atoms with Crippen molar-refractivity contribution in [3.8, 4) is 0 Å². The van der Waals surface area contributed by atoms with E-state index in [-0.39, 0.29) is 0 Å². The van der Waals surface area contributed by atoms with E-state index in [9.17, 15) is 0 Å². The number of rotatable bonds is 1. The molecule has 0 bridgehead atoms. The van der Waals surface area contributed by atoms with Gasteiger partial charge in [-0.3, -0.25) is 0 Å². The molecule has 0 saturated heterocycles. The lowest BCUT2D eigenvalue weighted by Crippen LogP contribution is -2.00. The first kappa shape index (κ1) is 9.13. The maximum Gasteiger partial charge on any atom is 0.125 e. The highest BCUT2D eigenvalue weighted by molar-refractivity contribution is 9.10. The van der Waals surface area contributed by atoms with Crippen LogP contribution >= 0.6 is 15.9 Å². The largest absolute Gasteiger partial charge is 0.240 e. The van der Waals surface area contributed by atoms with Crippen molar-refractivity contribution in [1.82, 2.24) is 9.97 Å². The number of aromatic nitrogens is 2. The number of hydrogen-bond donors (Lipinski definition) is 0. The summed E-state index contributed by atoms with van der Waals surface area (Å²) in [5.74, 6) is 1.54. The van der Waals surface area contributed by atoms with E-state index in [1.165, 1.54) is 31.4 Å². The van der Waals surface area contributed by atoms with E-state index in [4.69, 9.17) is 0 Å². The number of aryl methyl sites for hydroxylation is 1. The zero-order chi connectivity index (χ0) is 9.26. The van der Waals surface area contributed by atoms with Gasteiger partial charge in [0, 0.05) is 12.1 Å². The molecule has 0 aliphatic heterocycles. The minimum atomic E-state index is 0.663. The van der Waals surface area contributed by atoms with Gasteiger partial charge in [-0.2, -0.15) is 0 Å². The average molecular weight is 241 g/mol. The van der Waals surface area contributed by atoms with Crippen LogP contribution in [0.5, 0.6) is 0 Å². The Balaban J connectivity index is 2.32. The highest BCUT2D eigenvalue weighted by atomic mass is 79.9. The molecule has 1 heterocycles. The van der Waals surface area contributed by atoms with E-state index in [2.05, 4.69) is 25.9 Å². The summed E-state index contributed by atoms with van der Waals surface area (Å²) in [7, 11) is 0. The molecule has 0 radical (unpaired) electrons. The summed E-state index contributed by atoms with van der Waals surface area (Å²) in [5.41, 5.74) is 1.21. The molecule has 2 nitrogen and oxygen atoms in total. The molecule has 1 aliphatic carbocycles. The van der Waals surface area contributed by atoms with Crippen molar-refractivity contribution in [1.29, 1.82) is 0 Å². The maximum atomic E-state index is 4.50. The molecule has 0 spiro atoms. The van der Waals surface area contributed by atoms with Crippen molar-refractivity contribution in [3.63, 3.8) is 0 Å². The van der Waals surface area contributed by atoms with Gasteiger partial charge in [-0.15, -0.1) is 0 Å². The maximum absolute atomic E-state index is 4.50. The van der Waals surface area contributed by atoms with E-state index in [0.29, 0.717) is 5.92 Å². The molecule has 1 aromatic rings. The lowest BCUT2D eigenvalue weighted by Gasteiger charge is -2.10. The van der Waals surface area contributed by atoms with Crippen LogP contribution in [0.25, 0.3) is 0 Å². The van der Waals surface area contributed by atoms with Crippen molar-refractivity contribution in [2.24, 2.45) is 0 Å². The van der Waals surface area contributed by atoms with Crippen molar-refractivity contribution in [2.45, 2.75) is 38.5 Å². The smallest absolute Gasteiger partial charge is 0.125 e. The molecule has 1 aliphatic rings. The van der Waals surface area contributed by atoms with Gasteiger partial charge in [-0.25, -0.2) is 9.97 Å². The summed E-state index contributed by atoms with van der Waals surface area (Å²) in [6.45, 7) is 1.95. The normalized spacial score (nSPS) is 18.0. The standard InChI is InChI=1S/C10H13BrN2/c1-7-12-6-9(11)10(13-7)8-4-2-3-5-8/h6,8H,2-5H2,1H3. The molecule has 70 valence electrons. The minimum absolute atomic E-state index is 0.663. The summed E-state index contributed by atoms with van der Waals surface area (Å²) < 4.78 is 1.07. The summed E-state index contributed by atoms with van der Waals surface area (Å²) >= 11 is 3.52. The number of hydrogen-bond acceptors (Lipinski definition) is 2. The first-order valence-electron chi connectivity index (χ1n) is 4.76. The van der Waals surface area contributed by atoms with Crippen LogP contribution in [0.3, 0.4) is 0 Å². The molecule has 0 N–H and O–H groups in total. The fraction of sp³-hybridized carbons (Fsp3) is 0.600. The third kappa shape index (κ3) is 1.90. The Kier molecular flexibility index (Phi) is 2.63. The van der Waals surface area contributed by atoms with Crippen molar-refractivity contribution in [3.05, 3.63) is 22.2 Å². The van der Waals surface area contributed by atoms with Gasteiger partial charge in [-0.05, 0) is 35.7 Å². The second-order valence-corrected chi connectivity index (χ2v) is 4.49. The van der Waals surface area contributed by atoms with E-state index in [0.717, 1.165) is 10.3 Å². The lowest BCUT2D eigenvalue weighted by molar-refractivity contribution is 0.684. The molecule has 13 heavy (non-hydrogen) atoms. The highest BCUT2D eigenvalue weighted by Gasteiger charge is 2.20. The molecule has 0 aromatic carbocycles. The zero-order valence-corrected chi connectivity index (χ0v) is 9.34. The van der Waals surface area contributed by atoms with Crippen LogP contribution < -0.4 is 0 Å². The summed E-state index contributed by atoms with van der Waals surface area (Å²) in [5, 5.41) is 0. The molecule has 0 amide bonds. The van der Waals surface area contributed by atoms with Gasteiger partial charge in [0.15, 0.2) is 0 Å². The van der Waals surface area contributed by atoms with Crippen LogP contribution in [0.4, 0.5) is 0 Å². The van der Waals surface area contributed by atoms with Crippen LogP contribution in [-0.2, 0) is 0 Å². The first-order chi connectivity index (χ1) is 6.27. The molecule has 0 unspecified atom stereocenters. The molecule has 1 fully saturated rings. The molecule has 2 rings (SSSR count). The monoisotopic (exact) mass is 240 g/mol. The van der Waals surface area contributed by atoms with Gasteiger partial charge in [0.25, 0.3) is 0 Å². The van der Waals surface area contributed by atoms with Crippen LogP contribution in [-0.4, -0.2) is 9.97 Å². The van der Waals surface area contributed by atoms with Gasteiger partial charge in [0.2, 0.25) is 0 Å². The van der Waals surface area contributed by atoms with Crippen molar-refractivity contribution in [2.75, 3.05) is 0 Å². The highest BCUT2D eigenvalue weighted by Crippen LogP contribution is 2.36. The number of halogens is 1. The first-order valence-corrected chi connectivity index (χ1v) is 5.55. The van der Waals surface area contributed by atoms with Gasteiger partial charge in [-0.1, -0.05) is 12.8 Å². The molecular weight excluding hydrogens is 228 g/mol. The summed E-state index contributed by atoms with van der Waals surface area (Å²) in [4.78, 5) is 8.65. The van der Waals surface area contributed by atoms with E-state index >= 15 is 0 Å². The van der Waals surface area contributed by atoms with Crippen LogP contribution in [0.2, 0.25) is 0 Å². The SMILES string of the molecule is Cc1ncc(Br)c(C2CCCC2)n1. The number of nitrogens with zero attached hydrogens (tertiary/aromatic N) is 2. The van der Waals surface area contributed by atoms with E-state index in [1.807, 2.05) is 13.1 Å². The summed E-state index contributed by atoms with van der Waals surface area (Å²) in [6.07, 6.45) is 7.14. The lowest BCUT2D eigenvalue weighted by atomic mass is 10.0. The molecule has 1 aromatic heterocycles. The van der Waals surface area contributed by atoms with Gasteiger partial charge in [0.1, 0.15) is 5.82 Å². The molecule has 0 atom stereocenters. The predicted molar refractivity (Wildman–Crippen MR) is 55.7 cm³/mol.